The smallest absolute Gasteiger partial charge is 0.336 e. The maximum absolute atomic E-state index is 12.6. The van der Waals surface area contributed by atoms with Gasteiger partial charge in [-0.1, -0.05) is 24.3 Å². The summed E-state index contributed by atoms with van der Waals surface area (Å²) in [5.74, 6) is -1.21. The first-order valence-electron chi connectivity index (χ1n) is 9.72. The van der Waals surface area contributed by atoms with Gasteiger partial charge >= 0.3 is 5.97 Å². The van der Waals surface area contributed by atoms with Gasteiger partial charge in [-0.25, -0.2) is 4.79 Å². The van der Waals surface area contributed by atoms with Gasteiger partial charge < -0.3 is 20.5 Å². The van der Waals surface area contributed by atoms with Crippen molar-refractivity contribution in [3.63, 3.8) is 0 Å². The molecule has 0 aliphatic rings. The van der Waals surface area contributed by atoms with E-state index in [2.05, 4.69) is 10.6 Å². The number of rotatable bonds is 8. The van der Waals surface area contributed by atoms with Crippen LogP contribution in [0.25, 0.3) is 0 Å². The molecule has 3 N–H and O–H groups in total. The molecule has 0 saturated carbocycles. The number of carboxylic acids is 1. The van der Waals surface area contributed by atoms with Crippen LogP contribution in [0.2, 0.25) is 0 Å². The van der Waals surface area contributed by atoms with Crippen molar-refractivity contribution in [3.05, 3.63) is 83.9 Å². The standard InChI is InChI=1S/C24H22N2O5S/c1-15(22(27)25-16-7-5-9-18(13-16)31-2)32-19-10-6-8-17(14-19)26-23(28)20-11-3-4-12-21(20)24(29)30/h3-15H,1-2H3,(H,25,27)(H,26,28)(H,29,30). The summed E-state index contributed by atoms with van der Waals surface area (Å²) in [6.07, 6.45) is 0. The highest BCUT2D eigenvalue weighted by Crippen LogP contribution is 2.27. The van der Waals surface area contributed by atoms with Gasteiger partial charge in [0.15, 0.2) is 0 Å². The Morgan fingerprint density at radius 1 is 0.875 bits per heavy atom. The molecule has 2 amide bonds. The van der Waals surface area contributed by atoms with E-state index in [1.807, 2.05) is 6.07 Å². The quantitative estimate of drug-likeness (QED) is 0.427. The molecule has 0 heterocycles. The maximum Gasteiger partial charge on any atom is 0.336 e. The summed E-state index contributed by atoms with van der Waals surface area (Å²) in [6.45, 7) is 1.79. The number of nitrogens with one attached hydrogen (secondary N) is 2. The van der Waals surface area contributed by atoms with Gasteiger partial charge in [-0.2, -0.15) is 0 Å². The molecule has 0 spiro atoms. The van der Waals surface area contributed by atoms with E-state index in [1.165, 1.54) is 23.9 Å². The molecule has 0 aliphatic heterocycles. The van der Waals surface area contributed by atoms with Gasteiger partial charge in [-0.05, 0) is 49.4 Å². The Hall–Kier alpha value is -3.78. The highest BCUT2D eigenvalue weighted by molar-refractivity contribution is 8.00. The summed E-state index contributed by atoms with van der Waals surface area (Å²) >= 11 is 1.34. The molecule has 0 aromatic heterocycles. The predicted molar refractivity (Wildman–Crippen MR) is 125 cm³/mol. The Bertz CT molecular complexity index is 1150. The third-order valence-corrected chi connectivity index (χ3v) is 5.61. The molecular formula is C24H22N2O5S. The lowest BCUT2D eigenvalue weighted by Crippen LogP contribution is -2.22. The van der Waals surface area contributed by atoms with Crippen LogP contribution in [0.15, 0.2) is 77.7 Å². The van der Waals surface area contributed by atoms with E-state index in [4.69, 9.17) is 4.74 Å². The van der Waals surface area contributed by atoms with Crippen molar-refractivity contribution in [2.24, 2.45) is 0 Å². The van der Waals surface area contributed by atoms with Crippen LogP contribution in [0, 0.1) is 0 Å². The monoisotopic (exact) mass is 450 g/mol. The average molecular weight is 451 g/mol. The number of hydrogen-bond donors (Lipinski definition) is 3. The zero-order valence-corrected chi connectivity index (χ0v) is 18.3. The van der Waals surface area contributed by atoms with Crippen molar-refractivity contribution < 1.29 is 24.2 Å². The summed E-state index contributed by atoms with van der Waals surface area (Å²) in [7, 11) is 1.56. The number of methoxy groups -OCH3 is 1. The zero-order valence-electron chi connectivity index (χ0n) is 17.5. The highest BCUT2D eigenvalue weighted by Gasteiger charge is 2.17. The fourth-order valence-electron chi connectivity index (χ4n) is 2.92. The molecule has 8 heteroatoms. The molecule has 1 unspecified atom stereocenters. The molecule has 0 fully saturated rings. The second kappa shape index (κ2) is 10.5. The Labute approximate surface area is 189 Å². The van der Waals surface area contributed by atoms with Crippen molar-refractivity contribution in [2.75, 3.05) is 17.7 Å². The minimum Gasteiger partial charge on any atom is -0.497 e. The lowest BCUT2D eigenvalue weighted by Gasteiger charge is -2.14. The van der Waals surface area contributed by atoms with E-state index < -0.39 is 17.1 Å². The third kappa shape index (κ3) is 5.89. The second-order valence-electron chi connectivity index (χ2n) is 6.81. The van der Waals surface area contributed by atoms with Gasteiger partial charge in [0.25, 0.3) is 5.91 Å². The van der Waals surface area contributed by atoms with Crippen LogP contribution in [-0.4, -0.2) is 35.2 Å². The lowest BCUT2D eigenvalue weighted by molar-refractivity contribution is -0.115. The maximum atomic E-state index is 12.6. The van der Waals surface area contributed by atoms with Gasteiger partial charge in [-0.3, -0.25) is 9.59 Å². The highest BCUT2D eigenvalue weighted by atomic mass is 32.2. The topological polar surface area (TPSA) is 105 Å². The number of ether oxygens (including phenoxy) is 1. The molecule has 7 nitrogen and oxygen atoms in total. The first kappa shape index (κ1) is 22.9. The minimum atomic E-state index is -1.17. The molecule has 3 aromatic rings. The van der Waals surface area contributed by atoms with Gasteiger partial charge in [0, 0.05) is 22.3 Å². The first-order valence-corrected chi connectivity index (χ1v) is 10.6. The van der Waals surface area contributed by atoms with Crippen molar-refractivity contribution in [1.82, 2.24) is 0 Å². The van der Waals surface area contributed by atoms with Gasteiger partial charge in [0.2, 0.25) is 5.91 Å². The van der Waals surface area contributed by atoms with Crippen molar-refractivity contribution in [1.29, 1.82) is 0 Å². The molecule has 0 aliphatic carbocycles. The minimum absolute atomic E-state index is 0.0710. The van der Waals surface area contributed by atoms with E-state index in [0.717, 1.165) is 4.90 Å². The molecule has 0 radical (unpaired) electrons. The van der Waals surface area contributed by atoms with Crippen LogP contribution in [-0.2, 0) is 4.79 Å². The van der Waals surface area contributed by atoms with Crippen LogP contribution in [0.5, 0.6) is 5.75 Å². The number of anilines is 2. The lowest BCUT2D eigenvalue weighted by atomic mass is 10.1. The summed E-state index contributed by atoms with van der Waals surface area (Å²) in [5, 5.41) is 14.5. The van der Waals surface area contributed by atoms with E-state index in [9.17, 15) is 19.5 Å². The summed E-state index contributed by atoms with van der Waals surface area (Å²) in [6, 6.07) is 20.1. The Balaban J connectivity index is 1.66. The van der Waals surface area contributed by atoms with E-state index >= 15 is 0 Å². The SMILES string of the molecule is COc1cccc(NC(=O)C(C)Sc2cccc(NC(=O)c3ccccc3C(=O)O)c2)c1. The van der Waals surface area contributed by atoms with Gasteiger partial charge in [0.1, 0.15) is 5.75 Å². The van der Waals surface area contributed by atoms with Gasteiger partial charge in [-0.15, -0.1) is 11.8 Å². The fraction of sp³-hybridized carbons (Fsp3) is 0.125. The Kier molecular flexibility index (Phi) is 7.51. The summed E-state index contributed by atoms with van der Waals surface area (Å²) in [4.78, 5) is 37.3. The predicted octanol–water partition coefficient (Wildman–Crippen LogP) is 4.77. The normalized spacial score (nSPS) is 11.3. The molecule has 0 saturated heterocycles. The van der Waals surface area contributed by atoms with Crippen molar-refractivity contribution >= 4 is 40.9 Å². The van der Waals surface area contributed by atoms with Crippen LogP contribution in [0.3, 0.4) is 0 Å². The third-order valence-electron chi connectivity index (χ3n) is 4.51. The van der Waals surface area contributed by atoms with Crippen LogP contribution in [0.1, 0.15) is 27.6 Å². The van der Waals surface area contributed by atoms with E-state index in [-0.39, 0.29) is 17.0 Å². The number of carbonyl (C=O) groups is 3. The summed E-state index contributed by atoms with van der Waals surface area (Å²) < 4.78 is 5.17. The van der Waals surface area contributed by atoms with E-state index in [0.29, 0.717) is 17.1 Å². The van der Waals surface area contributed by atoms with Gasteiger partial charge in [0.05, 0.1) is 23.5 Å². The number of aromatic carboxylic acids is 1. The van der Waals surface area contributed by atoms with Crippen LogP contribution in [0.4, 0.5) is 11.4 Å². The Morgan fingerprint density at radius 2 is 1.53 bits per heavy atom. The second-order valence-corrected chi connectivity index (χ2v) is 8.23. The zero-order chi connectivity index (χ0) is 23.1. The molecular weight excluding hydrogens is 428 g/mol. The molecule has 164 valence electrons. The van der Waals surface area contributed by atoms with E-state index in [1.54, 1.807) is 68.6 Å². The summed E-state index contributed by atoms with van der Waals surface area (Å²) in [5.41, 5.74) is 1.14. The molecule has 0 bridgehead atoms. The van der Waals surface area contributed by atoms with Crippen molar-refractivity contribution in [3.8, 4) is 5.75 Å². The largest absolute Gasteiger partial charge is 0.497 e. The van der Waals surface area contributed by atoms with Crippen LogP contribution >= 0.6 is 11.8 Å². The number of thioether (sulfide) groups is 1. The first-order chi connectivity index (χ1) is 15.4. The molecule has 3 rings (SSSR count). The number of carbonyl (C=O) groups excluding carboxylic acids is 2. The number of hydrogen-bond acceptors (Lipinski definition) is 5. The van der Waals surface area contributed by atoms with Crippen molar-refractivity contribution in [2.45, 2.75) is 17.1 Å². The Morgan fingerprint density at radius 3 is 2.22 bits per heavy atom. The molecule has 1 atom stereocenters. The van der Waals surface area contributed by atoms with Crippen LogP contribution < -0.4 is 15.4 Å². The number of amides is 2. The molecule has 3 aromatic carbocycles. The number of carboxylic acid groups (broad SMARTS) is 1. The molecule has 32 heavy (non-hydrogen) atoms. The average Bonchev–Trinajstić information content (AvgIpc) is 2.79. The fourth-order valence-corrected chi connectivity index (χ4v) is 3.84. The number of benzene rings is 3.